The second-order valence-corrected chi connectivity index (χ2v) is 8.80. The van der Waals surface area contributed by atoms with Gasteiger partial charge in [-0.05, 0) is 55.2 Å². The number of hydrogen-bond acceptors (Lipinski definition) is 5. The highest BCUT2D eigenvalue weighted by Gasteiger charge is 2.34. The second kappa shape index (κ2) is 8.49. The van der Waals surface area contributed by atoms with Gasteiger partial charge in [0.1, 0.15) is 11.2 Å². The number of hydrogen-bond donors (Lipinski definition) is 2. The van der Waals surface area contributed by atoms with E-state index in [9.17, 15) is 19.1 Å². The Hall–Kier alpha value is -3.85. The molecule has 0 atom stereocenters. The molecule has 8 nitrogen and oxygen atoms in total. The van der Waals surface area contributed by atoms with Crippen molar-refractivity contribution in [2.24, 2.45) is 0 Å². The van der Waals surface area contributed by atoms with Crippen molar-refractivity contribution in [1.82, 2.24) is 24.6 Å². The van der Waals surface area contributed by atoms with E-state index in [4.69, 9.17) is 0 Å². The molecule has 1 aliphatic rings. The second-order valence-electron chi connectivity index (χ2n) is 8.80. The van der Waals surface area contributed by atoms with Crippen LogP contribution in [0.3, 0.4) is 0 Å². The van der Waals surface area contributed by atoms with Gasteiger partial charge in [-0.2, -0.15) is 5.10 Å². The summed E-state index contributed by atoms with van der Waals surface area (Å²) in [7, 11) is 0. The van der Waals surface area contributed by atoms with Crippen molar-refractivity contribution >= 4 is 16.9 Å². The average Bonchev–Trinajstić information content (AvgIpc) is 3.27. The zero-order valence-corrected chi connectivity index (χ0v) is 18.7. The quantitative estimate of drug-likeness (QED) is 0.486. The Morgan fingerprint density at radius 1 is 1.21 bits per heavy atom. The number of aliphatic hydroxyl groups is 1. The molecule has 34 heavy (non-hydrogen) atoms. The Bertz CT molecular complexity index is 1440. The molecule has 0 spiro atoms. The van der Waals surface area contributed by atoms with Crippen LogP contribution in [0, 0.1) is 12.7 Å². The number of carbonyl (C=O) groups is 1. The molecule has 0 radical (unpaired) electrons. The topological polar surface area (TPSA) is 104 Å². The van der Waals surface area contributed by atoms with Gasteiger partial charge in [0.05, 0.1) is 23.8 Å². The number of benzene rings is 2. The van der Waals surface area contributed by atoms with Crippen molar-refractivity contribution < 1.29 is 14.3 Å². The number of aromatic amines is 1. The number of halogens is 1. The summed E-state index contributed by atoms with van der Waals surface area (Å²) >= 11 is 0. The molecule has 0 unspecified atom stereocenters. The normalized spacial score (nSPS) is 15.6. The Balaban J connectivity index is 1.31. The van der Waals surface area contributed by atoms with Gasteiger partial charge in [0.25, 0.3) is 11.5 Å². The molecule has 2 aromatic carbocycles. The predicted octanol–water partition coefficient (Wildman–Crippen LogP) is 2.77. The number of amides is 1. The minimum Gasteiger partial charge on any atom is -0.389 e. The standard InChI is InChI=1S/C25H24FN5O3/c1-16-19(6-3-7-21(16)26)24(33)30-10-8-25(34,9-11-30)13-17-4-2-5-18(12-17)31-22-20(14-29-31)23(32)28-15-27-22/h2-7,12,14-15,34H,8-11,13H2,1H3,(H,27,28,32). The third-order valence-electron chi connectivity index (χ3n) is 6.54. The highest BCUT2D eigenvalue weighted by molar-refractivity contribution is 5.95. The van der Waals surface area contributed by atoms with Crippen LogP contribution in [0.5, 0.6) is 0 Å². The van der Waals surface area contributed by atoms with Gasteiger partial charge in [0.2, 0.25) is 0 Å². The van der Waals surface area contributed by atoms with Gasteiger partial charge in [-0.15, -0.1) is 0 Å². The summed E-state index contributed by atoms with van der Waals surface area (Å²) in [4.78, 5) is 33.3. The lowest BCUT2D eigenvalue weighted by molar-refractivity contribution is -0.0162. The lowest BCUT2D eigenvalue weighted by Crippen LogP contribution is -2.47. The van der Waals surface area contributed by atoms with Crippen molar-refractivity contribution in [3.8, 4) is 5.69 Å². The molecule has 0 saturated carbocycles. The van der Waals surface area contributed by atoms with Crippen molar-refractivity contribution in [2.45, 2.75) is 31.8 Å². The number of nitrogens with one attached hydrogen (secondary N) is 1. The monoisotopic (exact) mass is 461 g/mol. The van der Waals surface area contributed by atoms with E-state index in [2.05, 4.69) is 15.1 Å². The number of piperidine rings is 1. The Morgan fingerprint density at radius 2 is 1.97 bits per heavy atom. The Labute approximate surface area is 194 Å². The van der Waals surface area contributed by atoms with Gasteiger partial charge in [-0.25, -0.2) is 14.1 Å². The van der Waals surface area contributed by atoms with E-state index in [1.54, 1.807) is 22.6 Å². The Morgan fingerprint density at radius 3 is 2.76 bits per heavy atom. The molecule has 1 amide bonds. The highest BCUT2D eigenvalue weighted by Crippen LogP contribution is 2.29. The number of H-pyrrole nitrogens is 1. The van der Waals surface area contributed by atoms with E-state index in [1.165, 1.54) is 24.7 Å². The number of nitrogens with zero attached hydrogens (tertiary/aromatic N) is 4. The van der Waals surface area contributed by atoms with Crippen LogP contribution >= 0.6 is 0 Å². The summed E-state index contributed by atoms with van der Waals surface area (Å²) < 4.78 is 15.5. The van der Waals surface area contributed by atoms with Crippen molar-refractivity contribution in [3.63, 3.8) is 0 Å². The summed E-state index contributed by atoms with van der Waals surface area (Å²) in [5.74, 6) is -0.613. The minimum atomic E-state index is -0.964. The van der Waals surface area contributed by atoms with Gasteiger partial charge in [0.15, 0.2) is 5.65 Å². The maximum absolute atomic E-state index is 13.9. The summed E-state index contributed by atoms with van der Waals surface area (Å²) in [6, 6.07) is 12.1. The molecule has 1 saturated heterocycles. The molecular weight excluding hydrogens is 437 g/mol. The lowest BCUT2D eigenvalue weighted by atomic mass is 9.85. The van der Waals surface area contributed by atoms with Gasteiger partial charge >= 0.3 is 0 Å². The maximum atomic E-state index is 13.9. The van der Waals surface area contributed by atoms with E-state index in [0.29, 0.717) is 54.5 Å². The number of rotatable bonds is 4. The van der Waals surface area contributed by atoms with E-state index < -0.39 is 11.4 Å². The molecular formula is C25H24FN5O3. The SMILES string of the molecule is Cc1c(F)cccc1C(=O)N1CCC(O)(Cc2cccc(-n3ncc4c(=O)[nH]cnc43)c2)CC1. The van der Waals surface area contributed by atoms with Crippen LogP contribution in [0.25, 0.3) is 16.7 Å². The maximum Gasteiger partial charge on any atom is 0.261 e. The van der Waals surface area contributed by atoms with Crippen LogP contribution < -0.4 is 5.56 Å². The van der Waals surface area contributed by atoms with E-state index in [0.717, 1.165) is 11.3 Å². The average molecular weight is 461 g/mol. The molecule has 1 aliphatic heterocycles. The fourth-order valence-corrected chi connectivity index (χ4v) is 4.54. The molecule has 1 fully saturated rings. The molecule has 9 heteroatoms. The molecule has 2 N–H and O–H groups in total. The van der Waals surface area contributed by atoms with Crippen molar-refractivity contribution in [2.75, 3.05) is 13.1 Å². The van der Waals surface area contributed by atoms with E-state index >= 15 is 0 Å². The number of aromatic nitrogens is 4. The van der Waals surface area contributed by atoms with Gasteiger partial charge in [0, 0.05) is 25.1 Å². The zero-order chi connectivity index (χ0) is 23.9. The fourth-order valence-electron chi connectivity index (χ4n) is 4.54. The predicted molar refractivity (Wildman–Crippen MR) is 124 cm³/mol. The summed E-state index contributed by atoms with van der Waals surface area (Å²) in [6.45, 7) is 2.38. The number of likely N-dealkylation sites (tertiary alicyclic amines) is 1. The molecule has 0 aliphatic carbocycles. The number of carbonyl (C=O) groups excluding carboxylic acids is 1. The van der Waals surface area contributed by atoms with E-state index in [1.807, 2.05) is 24.3 Å². The lowest BCUT2D eigenvalue weighted by Gasteiger charge is -2.38. The van der Waals surface area contributed by atoms with Crippen LogP contribution in [0.4, 0.5) is 4.39 Å². The van der Waals surface area contributed by atoms with E-state index in [-0.39, 0.29) is 11.5 Å². The number of fused-ring (bicyclic) bond motifs is 1. The zero-order valence-electron chi connectivity index (χ0n) is 18.7. The van der Waals surface area contributed by atoms with Crippen LogP contribution in [0.15, 0.2) is 59.8 Å². The van der Waals surface area contributed by atoms with Crippen LogP contribution in [-0.2, 0) is 6.42 Å². The first-order chi connectivity index (χ1) is 16.3. The molecule has 4 aromatic rings. The smallest absolute Gasteiger partial charge is 0.261 e. The van der Waals surface area contributed by atoms with Gasteiger partial charge < -0.3 is 15.0 Å². The fraction of sp³-hybridized carbons (Fsp3) is 0.280. The molecule has 5 rings (SSSR count). The van der Waals surface area contributed by atoms with Crippen molar-refractivity contribution in [3.05, 3.63) is 87.9 Å². The minimum absolute atomic E-state index is 0.214. The largest absolute Gasteiger partial charge is 0.389 e. The third kappa shape index (κ3) is 3.99. The first-order valence-corrected chi connectivity index (χ1v) is 11.1. The molecule has 0 bridgehead atoms. The van der Waals surface area contributed by atoms with Crippen LogP contribution in [-0.4, -0.2) is 54.4 Å². The van der Waals surface area contributed by atoms with Crippen LogP contribution in [0.2, 0.25) is 0 Å². The van der Waals surface area contributed by atoms with Gasteiger partial charge in [-0.3, -0.25) is 9.59 Å². The van der Waals surface area contributed by atoms with Crippen molar-refractivity contribution in [1.29, 1.82) is 0 Å². The molecule has 2 aromatic heterocycles. The first kappa shape index (κ1) is 22.0. The summed E-state index contributed by atoms with van der Waals surface area (Å²) in [5, 5.41) is 15.9. The van der Waals surface area contributed by atoms with Gasteiger partial charge in [-0.1, -0.05) is 18.2 Å². The third-order valence-corrected chi connectivity index (χ3v) is 6.54. The molecule has 174 valence electrons. The first-order valence-electron chi connectivity index (χ1n) is 11.1. The van der Waals surface area contributed by atoms with Crippen LogP contribution in [0.1, 0.15) is 34.3 Å². The summed E-state index contributed by atoms with van der Waals surface area (Å²) in [5.41, 5.74) is 1.59. The Kier molecular flexibility index (Phi) is 5.49. The molecule has 3 heterocycles. The summed E-state index contributed by atoms with van der Waals surface area (Å²) in [6.07, 6.45) is 4.07. The highest BCUT2D eigenvalue weighted by atomic mass is 19.1.